The molecule has 4 saturated carbocycles. The van der Waals surface area contributed by atoms with E-state index in [4.69, 9.17) is 9.47 Å². The van der Waals surface area contributed by atoms with Crippen LogP contribution in [0.4, 0.5) is 0 Å². The van der Waals surface area contributed by atoms with Crippen LogP contribution in [0, 0.1) is 40.4 Å². The van der Waals surface area contributed by atoms with Crippen LogP contribution in [0.5, 0.6) is 0 Å². The van der Waals surface area contributed by atoms with Gasteiger partial charge < -0.3 is 9.47 Å². The zero-order chi connectivity index (χ0) is 20.1. The predicted molar refractivity (Wildman–Crippen MR) is 108 cm³/mol. The van der Waals surface area contributed by atoms with Gasteiger partial charge in [0.15, 0.2) is 0 Å². The van der Waals surface area contributed by atoms with Gasteiger partial charge in [0, 0.05) is 20.0 Å². The molecule has 0 heterocycles. The Morgan fingerprint density at radius 3 is 2.43 bits per heavy atom. The van der Waals surface area contributed by atoms with Crippen molar-refractivity contribution in [2.45, 2.75) is 84.7 Å². The first-order valence-electron chi connectivity index (χ1n) is 11.5. The Labute approximate surface area is 170 Å². The minimum absolute atomic E-state index is 0.0893. The van der Waals surface area contributed by atoms with Gasteiger partial charge in [0.2, 0.25) is 0 Å². The molecule has 4 fully saturated rings. The first kappa shape index (κ1) is 20.4. The van der Waals surface area contributed by atoms with E-state index in [0.717, 1.165) is 38.2 Å². The molecule has 4 heteroatoms. The number of esters is 1. The molecule has 0 spiro atoms. The van der Waals surface area contributed by atoms with E-state index in [9.17, 15) is 9.59 Å². The molecular formula is C24H38O4. The fourth-order valence-corrected chi connectivity index (χ4v) is 8.57. The molecular weight excluding hydrogens is 352 g/mol. The van der Waals surface area contributed by atoms with Crippen LogP contribution in [0.15, 0.2) is 0 Å². The van der Waals surface area contributed by atoms with E-state index in [2.05, 4.69) is 6.92 Å². The summed E-state index contributed by atoms with van der Waals surface area (Å²) in [6.07, 6.45) is 10.4. The Morgan fingerprint density at radius 1 is 0.964 bits per heavy atom. The fourth-order valence-electron chi connectivity index (χ4n) is 8.57. The lowest BCUT2D eigenvalue weighted by molar-refractivity contribution is -0.173. The summed E-state index contributed by atoms with van der Waals surface area (Å²) >= 11 is 0. The molecule has 28 heavy (non-hydrogen) atoms. The van der Waals surface area contributed by atoms with Crippen molar-refractivity contribution >= 4 is 11.8 Å². The third kappa shape index (κ3) is 3.05. The van der Waals surface area contributed by atoms with Gasteiger partial charge in [-0.25, -0.2) is 0 Å². The molecule has 0 aromatic rings. The first-order valence-corrected chi connectivity index (χ1v) is 11.5. The maximum Gasteiger partial charge on any atom is 0.302 e. The fraction of sp³-hybridized carbons (Fsp3) is 0.917. The van der Waals surface area contributed by atoms with E-state index in [-0.39, 0.29) is 28.8 Å². The number of carbonyl (C=O) groups excluding carboxylic acids is 2. The summed E-state index contributed by atoms with van der Waals surface area (Å²) in [6.45, 7) is 6.59. The Hall–Kier alpha value is -0.900. The van der Waals surface area contributed by atoms with E-state index >= 15 is 0 Å². The van der Waals surface area contributed by atoms with E-state index in [1.54, 1.807) is 0 Å². The second-order valence-electron chi connectivity index (χ2n) is 10.6. The van der Waals surface area contributed by atoms with Crippen LogP contribution in [-0.2, 0) is 19.1 Å². The van der Waals surface area contributed by atoms with E-state index in [0.29, 0.717) is 23.5 Å². The van der Waals surface area contributed by atoms with Crippen LogP contribution in [0.25, 0.3) is 0 Å². The lowest BCUT2D eigenvalue weighted by atomic mass is 9.44. The van der Waals surface area contributed by atoms with Gasteiger partial charge in [-0.2, -0.15) is 0 Å². The van der Waals surface area contributed by atoms with Gasteiger partial charge in [0.25, 0.3) is 0 Å². The molecule has 0 aliphatic heterocycles. The quantitative estimate of drug-likeness (QED) is 0.648. The van der Waals surface area contributed by atoms with Gasteiger partial charge in [-0.15, -0.1) is 0 Å². The number of rotatable bonds is 4. The molecule has 0 N–H and O–H groups in total. The lowest BCUT2D eigenvalue weighted by Crippen LogP contribution is -2.57. The molecule has 4 nitrogen and oxygen atoms in total. The van der Waals surface area contributed by atoms with Crippen molar-refractivity contribution in [2.75, 3.05) is 13.7 Å². The minimum Gasteiger partial charge on any atom is -0.463 e. The van der Waals surface area contributed by atoms with Gasteiger partial charge in [0.1, 0.15) is 11.9 Å². The number of ether oxygens (including phenoxy) is 2. The van der Waals surface area contributed by atoms with Crippen molar-refractivity contribution in [3.8, 4) is 0 Å². The zero-order valence-corrected chi connectivity index (χ0v) is 18.2. The van der Waals surface area contributed by atoms with Gasteiger partial charge in [-0.05, 0) is 99.2 Å². The number of carbonyl (C=O) groups is 2. The summed E-state index contributed by atoms with van der Waals surface area (Å²) in [6, 6.07) is 0. The van der Waals surface area contributed by atoms with E-state index in [1.807, 2.05) is 14.0 Å². The number of fused-ring (bicyclic) bond motifs is 5. The van der Waals surface area contributed by atoms with Crippen molar-refractivity contribution in [3.63, 3.8) is 0 Å². The monoisotopic (exact) mass is 390 g/mol. The summed E-state index contributed by atoms with van der Waals surface area (Å²) in [5.41, 5.74) is 0.451. The Morgan fingerprint density at radius 2 is 1.75 bits per heavy atom. The SMILES string of the molecule is COC[C@]12CC[C@@H](OC(C)=O)C[C@@H]1CC[C@H]1[C@@H]3CC[C@H](C(C)=O)[C@@]3(C)CC[C@@H]12. The second kappa shape index (κ2) is 7.41. The van der Waals surface area contributed by atoms with Gasteiger partial charge in [-0.1, -0.05) is 6.92 Å². The summed E-state index contributed by atoms with van der Waals surface area (Å²) in [5.74, 6) is 3.27. The van der Waals surface area contributed by atoms with Crippen molar-refractivity contribution in [1.82, 2.24) is 0 Å². The summed E-state index contributed by atoms with van der Waals surface area (Å²) < 4.78 is 11.4. The molecule has 158 valence electrons. The molecule has 8 atom stereocenters. The highest BCUT2D eigenvalue weighted by atomic mass is 16.5. The Balaban J connectivity index is 1.59. The topological polar surface area (TPSA) is 52.6 Å². The number of hydrogen-bond donors (Lipinski definition) is 0. The first-order chi connectivity index (χ1) is 13.3. The summed E-state index contributed by atoms with van der Waals surface area (Å²) in [7, 11) is 1.85. The van der Waals surface area contributed by atoms with Crippen molar-refractivity contribution in [1.29, 1.82) is 0 Å². The standard InChI is InChI=1S/C24H38O4/c1-15(25)20-7-8-21-19-6-5-17-13-18(28-16(2)26)9-12-24(17,14-27-4)22(19)10-11-23(20,21)3/h17-22H,5-14H2,1-4H3/t17-,18+,19-,20+,21-,22-,23+,24+/m0/s1. The highest BCUT2D eigenvalue weighted by Gasteiger charge is 2.62. The number of Topliss-reactive ketones (excluding diaryl/α,β-unsaturated/α-hetero) is 1. The average Bonchev–Trinajstić information content (AvgIpc) is 2.99. The van der Waals surface area contributed by atoms with Crippen LogP contribution >= 0.6 is 0 Å². The van der Waals surface area contributed by atoms with Crippen molar-refractivity contribution < 1.29 is 19.1 Å². The molecule has 0 aromatic carbocycles. The van der Waals surface area contributed by atoms with Crippen LogP contribution in [0.3, 0.4) is 0 Å². The minimum atomic E-state index is -0.146. The smallest absolute Gasteiger partial charge is 0.302 e. The summed E-state index contributed by atoms with van der Waals surface area (Å²) in [4.78, 5) is 23.8. The Bertz CT molecular complexity index is 630. The van der Waals surface area contributed by atoms with Crippen LogP contribution in [0.2, 0.25) is 0 Å². The van der Waals surface area contributed by atoms with Crippen molar-refractivity contribution in [2.24, 2.45) is 40.4 Å². The molecule has 4 rings (SSSR count). The molecule has 0 amide bonds. The molecule has 4 aliphatic carbocycles. The number of methoxy groups -OCH3 is 1. The molecule has 0 aromatic heterocycles. The highest BCUT2D eigenvalue weighted by Crippen LogP contribution is 2.67. The normalized spacial score (nSPS) is 47.6. The third-order valence-corrected chi connectivity index (χ3v) is 9.55. The second-order valence-corrected chi connectivity index (χ2v) is 10.6. The maximum atomic E-state index is 12.3. The maximum absolute atomic E-state index is 12.3. The Kier molecular flexibility index (Phi) is 5.39. The summed E-state index contributed by atoms with van der Waals surface area (Å²) in [5, 5.41) is 0. The number of ketones is 1. The van der Waals surface area contributed by atoms with Crippen molar-refractivity contribution in [3.05, 3.63) is 0 Å². The largest absolute Gasteiger partial charge is 0.463 e. The van der Waals surface area contributed by atoms with Crippen LogP contribution < -0.4 is 0 Å². The molecule has 0 bridgehead atoms. The predicted octanol–water partition coefficient (Wildman–Crippen LogP) is 4.79. The lowest BCUT2D eigenvalue weighted by Gasteiger charge is -2.61. The third-order valence-electron chi connectivity index (χ3n) is 9.55. The van der Waals surface area contributed by atoms with E-state index < -0.39 is 0 Å². The van der Waals surface area contributed by atoms with Gasteiger partial charge in [-0.3, -0.25) is 9.59 Å². The average molecular weight is 391 g/mol. The molecule has 0 radical (unpaired) electrons. The van der Waals surface area contributed by atoms with Gasteiger partial charge >= 0.3 is 5.97 Å². The molecule has 4 aliphatic rings. The van der Waals surface area contributed by atoms with Crippen LogP contribution in [0.1, 0.15) is 78.6 Å². The molecule has 0 unspecified atom stereocenters. The number of hydrogen-bond acceptors (Lipinski definition) is 4. The highest BCUT2D eigenvalue weighted by molar-refractivity contribution is 5.79. The molecule has 0 saturated heterocycles. The van der Waals surface area contributed by atoms with Gasteiger partial charge in [0.05, 0.1) is 6.61 Å². The van der Waals surface area contributed by atoms with Crippen LogP contribution in [-0.4, -0.2) is 31.6 Å². The zero-order valence-electron chi connectivity index (χ0n) is 18.2. The van der Waals surface area contributed by atoms with E-state index in [1.165, 1.54) is 39.0 Å².